The van der Waals surface area contributed by atoms with E-state index in [0.29, 0.717) is 12.1 Å². The number of aromatic amines is 1. The predicted molar refractivity (Wildman–Crippen MR) is 135 cm³/mol. The number of aliphatic imine (C=N–C) groups is 1. The molecule has 0 aliphatic rings. The molecule has 0 saturated carbocycles. The Bertz CT molecular complexity index is 980. The lowest BCUT2D eigenvalue weighted by Gasteiger charge is -2.28. The van der Waals surface area contributed by atoms with Gasteiger partial charge in [0.25, 0.3) is 0 Å². The number of carboxylic acids is 2. The van der Waals surface area contributed by atoms with Crippen molar-refractivity contribution in [3.63, 3.8) is 0 Å². The van der Waals surface area contributed by atoms with Gasteiger partial charge in [0, 0.05) is 24.9 Å². The van der Waals surface area contributed by atoms with Crippen LogP contribution in [0.25, 0.3) is 0 Å². The molecule has 3 amide bonds. The van der Waals surface area contributed by atoms with Gasteiger partial charge in [-0.3, -0.25) is 24.2 Å². The molecule has 0 spiro atoms. The maximum atomic E-state index is 13.2. The minimum atomic E-state index is -1.41. The maximum Gasteiger partial charge on any atom is 0.326 e. The van der Waals surface area contributed by atoms with E-state index in [-0.39, 0.29) is 31.8 Å². The Balaban J connectivity index is 3.04. The summed E-state index contributed by atoms with van der Waals surface area (Å²) in [5.74, 6) is -5.46. The second-order valence-electron chi connectivity index (χ2n) is 8.77. The van der Waals surface area contributed by atoms with E-state index in [1.165, 1.54) is 12.5 Å². The van der Waals surface area contributed by atoms with Gasteiger partial charge in [0.1, 0.15) is 18.1 Å². The summed E-state index contributed by atoms with van der Waals surface area (Å²) in [7, 11) is 0. The zero-order valence-corrected chi connectivity index (χ0v) is 21.3. The average molecular weight is 540 g/mol. The van der Waals surface area contributed by atoms with Gasteiger partial charge in [0.05, 0.1) is 18.8 Å². The molecular weight excluding hydrogens is 502 g/mol. The molecule has 5 atom stereocenters. The van der Waals surface area contributed by atoms with E-state index in [2.05, 4.69) is 30.9 Å². The third kappa shape index (κ3) is 11.2. The third-order valence-electron chi connectivity index (χ3n) is 5.70. The highest BCUT2D eigenvalue weighted by Gasteiger charge is 2.33. The molecule has 1 heterocycles. The number of carbonyl (C=O) groups is 5. The van der Waals surface area contributed by atoms with E-state index in [4.69, 9.17) is 22.3 Å². The molecule has 1 aromatic heterocycles. The van der Waals surface area contributed by atoms with E-state index < -0.39 is 66.2 Å². The van der Waals surface area contributed by atoms with Crippen molar-refractivity contribution >= 4 is 35.6 Å². The lowest BCUT2D eigenvalue weighted by molar-refractivity contribution is -0.142. The highest BCUT2D eigenvalue weighted by Crippen LogP contribution is 2.11. The standard InChI is InChI=1S/C22H37N9O7/c1-3-11(2)17(20(36)29-14(21(37)38)5-4-6-27-22(24)25)31-19(35)15(7-12-9-26-10-28-12)30-18(34)13(23)8-16(32)33/h9-11,13-15,17H,3-8,23H2,1-2H3,(H,26,28)(H,29,36)(H,30,34)(H,31,35)(H,32,33)(H,37,38)(H4,24,25,27). The smallest absolute Gasteiger partial charge is 0.326 e. The lowest BCUT2D eigenvalue weighted by atomic mass is 9.96. The van der Waals surface area contributed by atoms with Crippen molar-refractivity contribution in [2.24, 2.45) is 28.1 Å². The van der Waals surface area contributed by atoms with Crippen LogP contribution in [-0.4, -0.2) is 86.5 Å². The van der Waals surface area contributed by atoms with Crippen molar-refractivity contribution in [3.8, 4) is 0 Å². The monoisotopic (exact) mass is 539 g/mol. The first-order chi connectivity index (χ1) is 17.8. The fourth-order valence-electron chi connectivity index (χ4n) is 3.36. The van der Waals surface area contributed by atoms with Crippen LogP contribution in [0.15, 0.2) is 17.5 Å². The zero-order valence-electron chi connectivity index (χ0n) is 21.3. The quantitative estimate of drug-likeness (QED) is 0.0561. The molecule has 212 valence electrons. The number of imidazole rings is 1. The largest absolute Gasteiger partial charge is 0.481 e. The number of H-pyrrole nitrogens is 1. The van der Waals surface area contributed by atoms with Gasteiger partial charge in [-0.2, -0.15) is 0 Å². The molecule has 0 saturated heterocycles. The van der Waals surface area contributed by atoms with E-state index in [1.54, 1.807) is 13.8 Å². The van der Waals surface area contributed by atoms with Gasteiger partial charge in [-0.05, 0) is 18.8 Å². The van der Waals surface area contributed by atoms with Crippen molar-refractivity contribution in [1.82, 2.24) is 25.9 Å². The SMILES string of the molecule is CCC(C)C(NC(=O)C(Cc1cnc[nH]1)NC(=O)C(N)CC(=O)O)C(=O)NC(CCCN=C(N)N)C(=O)O. The van der Waals surface area contributed by atoms with E-state index in [0.717, 1.165) is 0 Å². The van der Waals surface area contributed by atoms with Gasteiger partial charge in [-0.1, -0.05) is 20.3 Å². The number of nitrogens with zero attached hydrogens (tertiary/aromatic N) is 2. The Morgan fingerprint density at radius 2 is 1.71 bits per heavy atom. The van der Waals surface area contributed by atoms with Gasteiger partial charge >= 0.3 is 11.9 Å². The molecule has 38 heavy (non-hydrogen) atoms. The fourth-order valence-corrected chi connectivity index (χ4v) is 3.36. The molecule has 0 aromatic carbocycles. The first kappa shape index (κ1) is 31.8. The summed E-state index contributed by atoms with van der Waals surface area (Å²) in [6.45, 7) is 3.66. The van der Waals surface area contributed by atoms with E-state index in [9.17, 15) is 29.1 Å². The summed E-state index contributed by atoms with van der Waals surface area (Å²) in [5, 5.41) is 25.9. The van der Waals surface area contributed by atoms with Gasteiger partial charge < -0.3 is 48.3 Å². The number of rotatable bonds is 17. The van der Waals surface area contributed by atoms with Crippen LogP contribution in [0.3, 0.4) is 0 Å². The van der Waals surface area contributed by atoms with E-state index >= 15 is 0 Å². The molecule has 12 N–H and O–H groups in total. The number of aromatic nitrogens is 2. The molecule has 5 unspecified atom stereocenters. The van der Waals surface area contributed by atoms with Crippen LogP contribution < -0.4 is 33.2 Å². The fraction of sp³-hybridized carbons (Fsp3) is 0.591. The van der Waals surface area contributed by atoms with Gasteiger partial charge in [-0.15, -0.1) is 0 Å². The van der Waals surface area contributed by atoms with Gasteiger partial charge in [0.2, 0.25) is 17.7 Å². The summed E-state index contributed by atoms with van der Waals surface area (Å²) in [6, 6.07) is -5.04. The topological polar surface area (TPSA) is 281 Å². The molecule has 1 rings (SSSR count). The zero-order chi connectivity index (χ0) is 28.8. The normalized spacial score (nSPS) is 14.7. The van der Waals surface area contributed by atoms with Gasteiger partial charge in [-0.25, -0.2) is 9.78 Å². The van der Waals surface area contributed by atoms with Crippen LogP contribution in [0.1, 0.15) is 45.2 Å². The molecule has 0 bridgehead atoms. The third-order valence-corrected chi connectivity index (χ3v) is 5.70. The Labute approximate surface area is 219 Å². The minimum absolute atomic E-state index is 0.0407. The first-order valence-corrected chi connectivity index (χ1v) is 12.0. The summed E-state index contributed by atoms with van der Waals surface area (Å²) in [4.78, 5) is 71.8. The molecule has 0 radical (unpaired) electrons. The van der Waals surface area contributed by atoms with E-state index in [1.807, 2.05) is 0 Å². The summed E-state index contributed by atoms with van der Waals surface area (Å²) in [6.07, 6.45) is 2.88. The maximum absolute atomic E-state index is 13.2. The molecule has 0 fully saturated rings. The molecule has 1 aromatic rings. The van der Waals surface area contributed by atoms with Crippen molar-refractivity contribution in [2.45, 2.75) is 70.1 Å². The number of carboxylic acid groups (broad SMARTS) is 2. The number of nitrogens with one attached hydrogen (secondary N) is 4. The number of aliphatic carboxylic acids is 2. The van der Waals surface area contributed by atoms with Crippen molar-refractivity contribution in [3.05, 3.63) is 18.2 Å². The molecule has 0 aliphatic heterocycles. The van der Waals surface area contributed by atoms with Gasteiger partial charge in [0.15, 0.2) is 5.96 Å². The lowest BCUT2D eigenvalue weighted by Crippen LogP contribution is -2.59. The number of carbonyl (C=O) groups excluding carboxylic acids is 3. The van der Waals surface area contributed by atoms with Crippen LogP contribution in [0.4, 0.5) is 0 Å². The number of hydrogen-bond donors (Lipinski definition) is 9. The van der Waals surface area contributed by atoms with Crippen LogP contribution in [0.2, 0.25) is 0 Å². The Morgan fingerprint density at radius 1 is 1.05 bits per heavy atom. The highest BCUT2D eigenvalue weighted by atomic mass is 16.4. The number of amides is 3. The average Bonchev–Trinajstić information content (AvgIpc) is 3.35. The van der Waals surface area contributed by atoms with Crippen LogP contribution in [-0.2, 0) is 30.4 Å². The molecular formula is C22H37N9O7. The van der Waals surface area contributed by atoms with Crippen molar-refractivity contribution < 1.29 is 34.2 Å². The van der Waals surface area contributed by atoms with Crippen molar-refractivity contribution in [1.29, 1.82) is 0 Å². The first-order valence-electron chi connectivity index (χ1n) is 12.0. The number of guanidine groups is 1. The Kier molecular flexibility index (Phi) is 13.2. The van der Waals surface area contributed by atoms with Crippen LogP contribution in [0.5, 0.6) is 0 Å². The molecule has 16 nitrogen and oxygen atoms in total. The Morgan fingerprint density at radius 3 is 2.24 bits per heavy atom. The minimum Gasteiger partial charge on any atom is -0.481 e. The van der Waals surface area contributed by atoms with Crippen LogP contribution >= 0.6 is 0 Å². The highest BCUT2D eigenvalue weighted by molar-refractivity contribution is 5.95. The molecule has 16 heteroatoms. The second-order valence-corrected chi connectivity index (χ2v) is 8.77. The number of nitrogens with two attached hydrogens (primary N) is 3. The predicted octanol–water partition coefficient (Wildman–Crippen LogP) is -2.61. The molecule has 0 aliphatic carbocycles. The summed E-state index contributed by atoms with van der Waals surface area (Å²) < 4.78 is 0. The summed E-state index contributed by atoms with van der Waals surface area (Å²) in [5.41, 5.74) is 16.6. The Hall–Kier alpha value is -4.21. The van der Waals surface area contributed by atoms with Crippen molar-refractivity contribution in [2.75, 3.05) is 6.54 Å². The van der Waals surface area contributed by atoms with Crippen LogP contribution in [0, 0.1) is 5.92 Å². The number of hydrogen-bond acceptors (Lipinski definition) is 8. The summed E-state index contributed by atoms with van der Waals surface area (Å²) >= 11 is 0. The second kappa shape index (κ2) is 15.8.